The first kappa shape index (κ1) is 17.5. The summed E-state index contributed by atoms with van der Waals surface area (Å²) < 4.78 is 0. The lowest BCUT2D eigenvalue weighted by Gasteiger charge is -2.22. The fourth-order valence-electron chi connectivity index (χ4n) is 4.23. The lowest BCUT2D eigenvalue weighted by Crippen LogP contribution is -2.23. The van der Waals surface area contributed by atoms with Crippen molar-refractivity contribution in [3.8, 4) is 11.1 Å². The Morgan fingerprint density at radius 1 is 0.808 bits per heavy atom. The van der Waals surface area contributed by atoms with E-state index in [1.54, 1.807) is 16.3 Å². The summed E-state index contributed by atoms with van der Waals surface area (Å²) >= 11 is 0. The van der Waals surface area contributed by atoms with E-state index < -0.39 is 8.07 Å². The summed E-state index contributed by atoms with van der Waals surface area (Å²) in [5.74, 6) is 0. The zero-order valence-electron chi connectivity index (χ0n) is 16.9. The van der Waals surface area contributed by atoms with E-state index in [9.17, 15) is 0 Å². The van der Waals surface area contributed by atoms with Gasteiger partial charge in [0.25, 0.3) is 0 Å². The molecule has 0 amide bonds. The number of hydrogen-bond acceptors (Lipinski definition) is 0. The van der Waals surface area contributed by atoms with Crippen LogP contribution in [-0.2, 0) is 0 Å². The van der Waals surface area contributed by atoms with Crippen LogP contribution in [0.15, 0.2) is 59.3 Å². The first-order valence-electron chi connectivity index (χ1n) is 9.68. The molecule has 0 nitrogen and oxygen atoms in total. The molecule has 0 heterocycles. The highest BCUT2D eigenvalue weighted by Gasteiger charge is 2.33. The highest BCUT2D eigenvalue weighted by Crippen LogP contribution is 2.48. The van der Waals surface area contributed by atoms with Crippen LogP contribution in [0.25, 0.3) is 16.7 Å². The van der Waals surface area contributed by atoms with E-state index in [0.29, 0.717) is 0 Å². The van der Waals surface area contributed by atoms with Gasteiger partial charge in [0.2, 0.25) is 0 Å². The molecule has 2 aromatic rings. The van der Waals surface area contributed by atoms with Gasteiger partial charge in [0.15, 0.2) is 0 Å². The number of allylic oxidation sites excluding steroid dienone is 4. The molecule has 0 fully saturated rings. The summed E-state index contributed by atoms with van der Waals surface area (Å²) in [6.45, 7) is 14.5. The van der Waals surface area contributed by atoms with Gasteiger partial charge in [-0.2, -0.15) is 0 Å². The van der Waals surface area contributed by atoms with Crippen molar-refractivity contribution in [1.82, 2.24) is 0 Å². The molecule has 0 saturated carbocycles. The molecule has 26 heavy (non-hydrogen) atoms. The van der Waals surface area contributed by atoms with Gasteiger partial charge in [-0.25, -0.2) is 0 Å². The average Bonchev–Trinajstić information content (AvgIpc) is 3.16. The van der Waals surface area contributed by atoms with Crippen molar-refractivity contribution in [2.45, 2.75) is 46.8 Å². The Kier molecular flexibility index (Phi) is 3.93. The first-order chi connectivity index (χ1) is 12.2. The van der Waals surface area contributed by atoms with Crippen molar-refractivity contribution >= 4 is 13.6 Å². The number of fused-ring (bicyclic) bond motifs is 3. The van der Waals surface area contributed by atoms with Crippen molar-refractivity contribution in [2.24, 2.45) is 5.41 Å². The zero-order valence-corrected chi connectivity index (χ0v) is 17.9. The highest BCUT2D eigenvalue weighted by molar-refractivity contribution is 6.84. The molecule has 2 aromatic carbocycles. The molecule has 1 radical (unpaired) electrons. The third-order valence-electron chi connectivity index (χ3n) is 5.76. The van der Waals surface area contributed by atoms with E-state index >= 15 is 0 Å². The number of hydrogen-bond donors (Lipinski definition) is 0. The maximum Gasteiger partial charge on any atom is 0.0779 e. The van der Waals surface area contributed by atoms with Gasteiger partial charge in [-0.15, -0.1) is 0 Å². The summed E-state index contributed by atoms with van der Waals surface area (Å²) in [4.78, 5) is 0. The van der Waals surface area contributed by atoms with Crippen molar-refractivity contribution in [1.29, 1.82) is 0 Å². The van der Waals surface area contributed by atoms with Gasteiger partial charge >= 0.3 is 0 Å². The summed E-state index contributed by atoms with van der Waals surface area (Å²) in [5, 5.41) is 1.64. The summed E-state index contributed by atoms with van der Waals surface area (Å²) in [6.07, 6.45) is 6.04. The SMILES string of the molecule is CC(C)(C)C1=CC([Si](C)(C)C)=C(c2cccc3c2[CH]c2ccccc2-3)C1. The van der Waals surface area contributed by atoms with E-state index in [4.69, 9.17) is 0 Å². The fraction of sp³-hybridized carbons (Fsp3) is 0.320. The van der Waals surface area contributed by atoms with Crippen molar-refractivity contribution in [3.63, 3.8) is 0 Å². The Labute approximate surface area is 159 Å². The zero-order chi connectivity index (χ0) is 18.7. The summed E-state index contributed by atoms with van der Waals surface area (Å²) in [6, 6.07) is 15.6. The van der Waals surface area contributed by atoms with Crippen LogP contribution in [0.5, 0.6) is 0 Å². The van der Waals surface area contributed by atoms with Gasteiger partial charge in [-0.3, -0.25) is 0 Å². The van der Waals surface area contributed by atoms with Crippen LogP contribution in [0.1, 0.15) is 43.9 Å². The standard InChI is InChI=1S/C25H29Si/c1-25(2,3)18-15-23(24(16-18)26(4,5)6)21-13-9-12-20-19-11-8-7-10-17(19)14-22(20)21/h7-14,16H,15H2,1-6H3. The molecule has 1 heteroatoms. The monoisotopic (exact) mass is 357 g/mol. The second kappa shape index (κ2) is 5.82. The fourth-order valence-corrected chi connectivity index (χ4v) is 5.97. The van der Waals surface area contributed by atoms with Crippen LogP contribution in [0, 0.1) is 11.8 Å². The van der Waals surface area contributed by atoms with Crippen molar-refractivity contribution in [2.75, 3.05) is 0 Å². The minimum absolute atomic E-state index is 0.233. The van der Waals surface area contributed by atoms with Crippen molar-refractivity contribution < 1.29 is 0 Å². The molecule has 4 rings (SSSR count). The lowest BCUT2D eigenvalue weighted by atomic mass is 9.83. The van der Waals surface area contributed by atoms with Gasteiger partial charge in [0.1, 0.15) is 0 Å². The molecular weight excluding hydrogens is 328 g/mol. The normalized spacial score (nSPS) is 16.6. The third-order valence-corrected chi connectivity index (χ3v) is 7.83. The van der Waals surface area contributed by atoms with E-state index in [-0.39, 0.29) is 5.41 Å². The topological polar surface area (TPSA) is 0 Å². The highest BCUT2D eigenvalue weighted by atomic mass is 28.3. The maximum absolute atomic E-state index is 2.54. The maximum atomic E-state index is 2.54. The number of rotatable bonds is 2. The molecule has 0 aliphatic heterocycles. The van der Waals surface area contributed by atoms with E-state index in [1.807, 2.05) is 0 Å². The summed E-state index contributed by atoms with van der Waals surface area (Å²) in [7, 11) is -1.41. The Morgan fingerprint density at radius 3 is 2.15 bits per heavy atom. The van der Waals surface area contributed by atoms with Gasteiger partial charge in [-0.1, -0.05) is 99.7 Å². The van der Waals surface area contributed by atoms with Crippen LogP contribution in [0.2, 0.25) is 19.6 Å². The van der Waals surface area contributed by atoms with E-state index in [2.05, 4.69) is 95.4 Å². The molecule has 2 aliphatic rings. The second-order valence-electron chi connectivity index (χ2n) is 9.74. The van der Waals surface area contributed by atoms with Crippen molar-refractivity contribution in [3.05, 3.63) is 82.4 Å². The Balaban J connectivity index is 1.87. The minimum atomic E-state index is -1.41. The molecular formula is C25H29Si. The number of benzene rings is 2. The first-order valence-corrected chi connectivity index (χ1v) is 13.2. The molecule has 133 valence electrons. The van der Waals surface area contributed by atoms with E-state index in [1.165, 1.54) is 27.8 Å². The third kappa shape index (κ3) is 2.83. The minimum Gasteiger partial charge on any atom is -0.0656 e. The van der Waals surface area contributed by atoms with Crippen LogP contribution in [0.4, 0.5) is 0 Å². The van der Waals surface area contributed by atoms with Crippen LogP contribution in [-0.4, -0.2) is 8.07 Å². The molecule has 0 N–H and O–H groups in total. The lowest BCUT2D eigenvalue weighted by molar-refractivity contribution is 0.497. The quantitative estimate of drug-likeness (QED) is 0.423. The second-order valence-corrected chi connectivity index (χ2v) is 14.8. The largest absolute Gasteiger partial charge is 0.0779 e. The van der Waals surface area contributed by atoms with Crippen LogP contribution >= 0.6 is 0 Å². The predicted octanol–water partition coefficient (Wildman–Crippen LogP) is 7.27. The Morgan fingerprint density at radius 2 is 1.46 bits per heavy atom. The molecule has 0 bridgehead atoms. The van der Waals surface area contributed by atoms with Crippen LogP contribution < -0.4 is 0 Å². The smallest absolute Gasteiger partial charge is 0.0656 e. The average molecular weight is 358 g/mol. The van der Waals surface area contributed by atoms with Crippen LogP contribution in [0.3, 0.4) is 0 Å². The van der Waals surface area contributed by atoms with E-state index in [0.717, 1.165) is 6.42 Å². The predicted molar refractivity (Wildman–Crippen MR) is 117 cm³/mol. The molecule has 2 aliphatic carbocycles. The van der Waals surface area contributed by atoms with Gasteiger partial charge < -0.3 is 0 Å². The molecule has 0 aromatic heterocycles. The molecule has 0 saturated heterocycles. The molecule has 0 unspecified atom stereocenters. The Bertz CT molecular complexity index is 943. The van der Waals surface area contributed by atoms with Gasteiger partial charge in [-0.05, 0) is 45.2 Å². The molecule has 0 spiro atoms. The van der Waals surface area contributed by atoms with Gasteiger partial charge in [0.05, 0.1) is 8.07 Å². The molecule has 0 atom stereocenters. The summed E-state index contributed by atoms with van der Waals surface area (Å²) in [5.41, 5.74) is 10.4. The van der Waals surface area contributed by atoms with Gasteiger partial charge in [0, 0.05) is 6.42 Å². The Hall–Kier alpha value is -1.86.